The zero-order chi connectivity index (χ0) is 12.5. The summed E-state index contributed by atoms with van der Waals surface area (Å²) in [5.41, 5.74) is 3.76. The lowest BCUT2D eigenvalue weighted by atomic mass is 10.1. The summed E-state index contributed by atoms with van der Waals surface area (Å²) in [5.74, 6) is 0. The van der Waals surface area contributed by atoms with Crippen LogP contribution in [0.2, 0.25) is 0 Å². The highest BCUT2D eigenvalue weighted by Gasteiger charge is 2.15. The second-order valence-electron chi connectivity index (χ2n) is 5.12. The van der Waals surface area contributed by atoms with Gasteiger partial charge in [-0.3, -0.25) is 0 Å². The molecule has 1 aliphatic heterocycles. The fourth-order valence-corrected chi connectivity index (χ4v) is 3.57. The largest absolute Gasteiger partial charge is 0.359 e. The fourth-order valence-electron chi connectivity index (χ4n) is 2.58. The van der Waals surface area contributed by atoms with E-state index in [0.717, 1.165) is 23.7 Å². The molecule has 3 nitrogen and oxygen atoms in total. The molecule has 96 valence electrons. The van der Waals surface area contributed by atoms with Crippen LogP contribution in [0.4, 0.5) is 5.13 Å². The molecule has 0 bridgehead atoms. The van der Waals surface area contributed by atoms with Gasteiger partial charge in [0.05, 0.1) is 10.2 Å². The number of hydrogen-bond acceptors (Lipinski definition) is 4. The highest BCUT2D eigenvalue weighted by atomic mass is 32.1. The van der Waals surface area contributed by atoms with E-state index in [9.17, 15) is 0 Å². The van der Waals surface area contributed by atoms with Crippen molar-refractivity contribution in [3.63, 3.8) is 0 Å². The molecule has 1 aromatic carbocycles. The molecule has 1 aliphatic rings. The number of rotatable bonds is 2. The van der Waals surface area contributed by atoms with Gasteiger partial charge in [-0.2, -0.15) is 0 Å². The van der Waals surface area contributed by atoms with Crippen LogP contribution in [0.25, 0.3) is 10.2 Å². The Balaban J connectivity index is 1.86. The Hall–Kier alpha value is -1.13. The van der Waals surface area contributed by atoms with Gasteiger partial charge in [0, 0.05) is 6.04 Å². The van der Waals surface area contributed by atoms with Gasteiger partial charge < -0.3 is 10.6 Å². The number of nitrogens with one attached hydrogen (secondary N) is 2. The highest BCUT2D eigenvalue weighted by molar-refractivity contribution is 7.22. The summed E-state index contributed by atoms with van der Waals surface area (Å²) in [4.78, 5) is 4.72. The highest BCUT2D eigenvalue weighted by Crippen LogP contribution is 2.30. The average Bonchev–Trinajstić information content (AvgIpc) is 2.73. The van der Waals surface area contributed by atoms with Gasteiger partial charge in [-0.1, -0.05) is 17.4 Å². The van der Waals surface area contributed by atoms with Crippen molar-refractivity contribution >= 4 is 26.7 Å². The van der Waals surface area contributed by atoms with Crippen molar-refractivity contribution < 1.29 is 0 Å². The van der Waals surface area contributed by atoms with Crippen LogP contribution in [0.1, 0.15) is 24.0 Å². The van der Waals surface area contributed by atoms with Gasteiger partial charge in [-0.05, 0) is 57.0 Å². The Morgan fingerprint density at radius 3 is 2.83 bits per heavy atom. The molecule has 1 fully saturated rings. The zero-order valence-electron chi connectivity index (χ0n) is 10.9. The minimum atomic E-state index is 0.577. The quantitative estimate of drug-likeness (QED) is 0.872. The lowest BCUT2D eigenvalue weighted by Crippen LogP contribution is -2.35. The first kappa shape index (κ1) is 11.9. The van der Waals surface area contributed by atoms with Crippen molar-refractivity contribution in [2.24, 2.45) is 0 Å². The summed E-state index contributed by atoms with van der Waals surface area (Å²) >= 11 is 1.78. The molecule has 1 aromatic heterocycles. The first-order valence-electron chi connectivity index (χ1n) is 6.57. The van der Waals surface area contributed by atoms with Crippen LogP contribution in [-0.2, 0) is 0 Å². The predicted molar refractivity (Wildman–Crippen MR) is 78.6 cm³/mol. The SMILES string of the molecule is Cc1cc(C)c2sc(NC3CCNCC3)nc2c1. The van der Waals surface area contributed by atoms with Crippen LogP contribution >= 0.6 is 11.3 Å². The van der Waals surface area contributed by atoms with Gasteiger partial charge in [0.1, 0.15) is 0 Å². The number of fused-ring (bicyclic) bond motifs is 1. The third kappa shape index (κ3) is 2.35. The Morgan fingerprint density at radius 2 is 2.06 bits per heavy atom. The summed E-state index contributed by atoms with van der Waals surface area (Å²) in [6.45, 7) is 6.52. The van der Waals surface area contributed by atoms with E-state index in [1.165, 1.54) is 28.7 Å². The van der Waals surface area contributed by atoms with Crippen molar-refractivity contribution in [3.05, 3.63) is 23.3 Å². The van der Waals surface area contributed by atoms with Gasteiger partial charge in [0.2, 0.25) is 0 Å². The van der Waals surface area contributed by atoms with Crippen LogP contribution in [-0.4, -0.2) is 24.1 Å². The van der Waals surface area contributed by atoms with Gasteiger partial charge in [0.25, 0.3) is 0 Å². The summed E-state index contributed by atoms with van der Waals surface area (Å²) in [6.07, 6.45) is 2.38. The molecule has 0 unspecified atom stereocenters. The molecule has 1 saturated heterocycles. The Bertz CT molecular complexity index is 555. The van der Waals surface area contributed by atoms with Crippen LogP contribution in [0.3, 0.4) is 0 Å². The molecule has 0 saturated carbocycles. The third-order valence-electron chi connectivity index (χ3n) is 3.49. The van der Waals surface area contributed by atoms with Crippen LogP contribution in [0.5, 0.6) is 0 Å². The van der Waals surface area contributed by atoms with E-state index in [1.54, 1.807) is 11.3 Å². The molecular weight excluding hydrogens is 242 g/mol. The van der Waals surface area contributed by atoms with E-state index in [0.29, 0.717) is 6.04 Å². The smallest absolute Gasteiger partial charge is 0.184 e. The van der Waals surface area contributed by atoms with Gasteiger partial charge in [-0.15, -0.1) is 0 Å². The first-order chi connectivity index (χ1) is 8.72. The van der Waals surface area contributed by atoms with E-state index in [2.05, 4.69) is 36.6 Å². The Morgan fingerprint density at radius 1 is 1.28 bits per heavy atom. The van der Waals surface area contributed by atoms with Crippen molar-refractivity contribution in [1.82, 2.24) is 10.3 Å². The standard InChI is InChI=1S/C14H19N3S/c1-9-7-10(2)13-12(8-9)17-14(18-13)16-11-3-5-15-6-4-11/h7-8,11,15H,3-6H2,1-2H3,(H,16,17). The Kier molecular flexibility index (Phi) is 3.22. The number of anilines is 1. The van der Waals surface area contributed by atoms with E-state index in [4.69, 9.17) is 4.98 Å². The fraction of sp³-hybridized carbons (Fsp3) is 0.500. The number of piperidine rings is 1. The third-order valence-corrected chi connectivity index (χ3v) is 4.62. The summed E-state index contributed by atoms with van der Waals surface area (Å²) in [7, 11) is 0. The van der Waals surface area contributed by atoms with E-state index in [1.807, 2.05) is 0 Å². The molecule has 0 radical (unpaired) electrons. The molecule has 0 spiro atoms. The maximum absolute atomic E-state index is 4.72. The van der Waals surface area contributed by atoms with Gasteiger partial charge in [0.15, 0.2) is 5.13 Å². The second kappa shape index (κ2) is 4.86. The molecule has 4 heteroatoms. The summed E-state index contributed by atoms with van der Waals surface area (Å²) < 4.78 is 1.32. The van der Waals surface area contributed by atoms with E-state index >= 15 is 0 Å². The predicted octanol–water partition coefficient (Wildman–Crippen LogP) is 3.08. The van der Waals surface area contributed by atoms with Crippen molar-refractivity contribution in [3.8, 4) is 0 Å². The van der Waals surface area contributed by atoms with Gasteiger partial charge >= 0.3 is 0 Å². The molecule has 3 rings (SSSR count). The van der Waals surface area contributed by atoms with Crippen LogP contribution < -0.4 is 10.6 Å². The maximum atomic E-state index is 4.72. The number of aryl methyl sites for hydroxylation is 2. The average molecular weight is 261 g/mol. The number of benzene rings is 1. The monoisotopic (exact) mass is 261 g/mol. The lowest BCUT2D eigenvalue weighted by molar-refractivity contribution is 0.479. The number of aromatic nitrogens is 1. The molecule has 0 aliphatic carbocycles. The number of nitrogens with zero attached hydrogens (tertiary/aromatic N) is 1. The summed E-state index contributed by atoms with van der Waals surface area (Å²) in [5, 5.41) is 8.05. The second-order valence-corrected chi connectivity index (χ2v) is 6.12. The molecular formula is C14H19N3S. The normalized spacial score (nSPS) is 17.2. The minimum absolute atomic E-state index is 0.577. The topological polar surface area (TPSA) is 37.0 Å². The van der Waals surface area contributed by atoms with Gasteiger partial charge in [-0.25, -0.2) is 4.98 Å². The van der Waals surface area contributed by atoms with Crippen LogP contribution in [0.15, 0.2) is 12.1 Å². The number of hydrogen-bond donors (Lipinski definition) is 2. The molecule has 0 atom stereocenters. The molecule has 2 heterocycles. The zero-order valence-corrected chi connectivity index (χ0v) is 11.7. The van der Waals surface area contributed by atoms with E-state index in [-0.39, 0.29) is 0 Å². The molecule has 2 aromatic rings. The van der Waals surface area contributed by atoms with Crippen molar-refractivity contribution in [2.75, 3.05) is 18.4 Å². The van der Waals surface area contributed by atoms with Crippen LogP contribution in [0, 0.1) is 13.8 Å². The summed E-state index contributed by atoms with van der Waals surface area (Å²) in [6, 6.07) is 4.98. The maximum Gasteiger partial charge on any atom is 0.184 e. The minimum Gasteiger partial charge on any atom is -0.359 e. The van der Waals surface area contributed by atoms with E-state index < -0.39 is 0 Å². The number of thiazole rings is 1. The van der Waals surface area contributed by atoms with Crippen molar-refractivity contribution in [1.29, 1.82) is 0 Å². The molecule has 2 N–H and O–H groups in total. The Labute approximate surface area is 112 Å². The van der Waals surface area contributed by atoms with Crippen molar-refractivity contribution in [2.45, 2.75) is 32.7 Å². The first-order valence-corrected chi connectivity index (χ1v) is 7.39. The lowest BCUT2D eigenvalue weighted by Gasteiger charge is -2.23. The molecule has 0 amide bonds. The molecule has 18 heavy (non-hydrogen) atoms.